The summed E-state index contributed by atoms with van der Waals surface area (Å²) in [7, 11) is 0. The number of alkyl halides is 2. The van der Waals surface area contributed by atoms with Crippen molar-refractivity contribution in [3.8, 4) is 0 Å². The van der Waals surface area contributed by atoms with E-state index in [9.17, 15) is 23.2 Å². The van der Waals surface area contributed by atoms with Crippen LogP contribution in [0.1, 0.15) is 34.4 Å². The number of carboxylic acids is 1. The van der Waals surface area contributed by atoms with Crippen LogP contribution in [-0.4, -0.2) is 25.9 Å². The highest BCUT2D eigenvalue weighted by Gasteiger charge is 2.43. The zero-order valence-corrected chi connectivity index (χ0v) is 17.0. The van der Waals surface area contributed by atoms with Gasteiger partial charge in [0.05, 0.1) is 12.0 Å². The fourth-order valence-corrected chi connectivity index (χ4v) is 5.40. The van der Waals surface area contributed by atoms with Gasteiger partial charge in [0.25, 0.3) is 5.92 Å². The molecule has 0 bridgehead atoms. The fourth-order valence-electron chi connectivity index (χ4n) is 4.07. The lowest BCUT2D eigenvalue weighted by Gasteiger charge is -2.26. The predicted octanol–water partition coefficient (Wildman–Crippen LogP) is 4.54. The van der Waals surface area contributed by atoms with Crippen LogP contribution in [0.25, 0.3) is 10.9 Å². The van der Waals surface area contributed by atoms with E-state index in [1.54, 1.807) is 16.7 Å². The number of aliphatic carboxylic acids is 1. The summed E-state index contributed by atoms with van der Waals surface area (Å²) in [5.74, 6) is -3.95. The molecule has 7 heteroatoms. The van der Waals surface area contributed by atoms with Crippen molar-refractivity contribution in [3.05, 3.63) is 64.3 Å². The molecule has 3 aromatic rings. The molecule has 1 aromatic heterocycles. The van der Waals surface area contributed by atoms with Crippen molar-refractivity contribution in [2.24, 2.45) is 0 Å². The molecule has 0 fully saturated rings. The molecule has 0 aliphatic carbocycles. The van der Waals surface area contributed by atoms with Gasteiger partial charge in [0, 0.05) is 16.6 Å². The van der Waals surface area contributed by atoms with Gasteiger partial charge in [-0.2, -0.15) is 0 Å². The van der Waals surface area contributed by atoms with Crippen LogP contribution in [0.4, 0.5) is 8.78 Å². The Kier molecular flexibility index (Phi) is 4.91. The summed E-state index contributed by atoms with van der Waals surface area (Å²) in [5.41, 5.74) is 4.13. The molecule has 2 aromatic carbocycles. The number of hydrogen-bond acceptors (Lipinski definition) is 2. The van der Waals surface area contributed by atoms with E-state index in [0.717, 1.165) is 27.7 Å². The Morgan fingerprint density at radius 1 is 1.24 bits per heavy atom. The highest BCUT2D eigenvalue weighted by atomic mass is 32.2. The van der Waals surface area contributed by atoms with Crippen LogP contribution in [0.2, 0.25) is 0 Å². The minimum absolute atomic E-state index is 0.0274. The summed E-state index contributed by atoms with van der Waals surface area (Å²) >= 11 is -1.40. The monoisotopic (exact) mass is 417 g/mol. The Balaban J connectivity index is 1.82. The maximum Gasteiger partial charge on any atom is 0.323 e. The summed E-state index contributed by atoms with van der Waals surface area (Å²) in [4.78, 5) is 11.5. The van der Waals surface area contributed by atoms with E-state index in [4.69, 9.17) is 0 Å². The van der Waals surface area contributed by atoms with Crippen molar-refractivity contribution >= 4 is 28.0 Å². The van der Waals surface area contributed by atoms with Gasteiger partial charge in [0.2, 0.25) is 0 Å². The SMILES string of the molecule is Cc1ccc2c(c1)c(Cc1ccc3c(c1)C(F)(F)CC[S@@+]3[O-])c(C)n2CC(=O)O. The molecule has 0 saturated carbocycles. The number of halogens is 2. The van der Waals surface area contributed by atoms with Crippen LogP contribution in [0.3, 0.4) is 0 Å². The average molecular weight is 417 g/mol. The van der Waals surface area contributed by atoms with Crippen molar-refractivity contribution in [2.45, 2.75) is 44.1 Å². The van der Waals surface area contributed by atoms with Gasteiger partial charge < -0.3 is 14.2 Å². The van der Waals surface area contributed by atoms with Gasteiger partial charge in [-0.25, -0.2) is 8.78 Å². The Hall–Kier alpha value is -2.38. The van der Waals surface area contributed by atoms with E-state index in [-0.39, 0.29) is 22.8 Å². The van der Waals surface area contributed by atoms with Gasteiger partial charge in [0.15, 0.2) is 4.90 Å². The second-order valence-electron chi connectivity index (χ2n) is 7.58. The zero-order valence-electron chi connectivity index (χ0n) is 16.2. The van der Waals surface area contributed by atoms with Gasteiger partial charge >= 0.3 is 5.97 Å². The summed E-state index contributed by atoms with van der Waals surface area (Å²) in [6.07, 6.45) is -0.0133. The quantitative estimate of drug-likeness (QED) is 0.634. The second-order valence-corrected chi connectivity index (χ2v) is 9.11. The predicted molar refractivity (Wildman–Crippen MR) is 108 cm³/mol. The second kappa shape index (κ2) is 7.15. The molecule has 1 atom stereocenters. The maximum absolute atomic E-state index is 14.4. The molecule has 1 N–H and O–H groups in total. The van der Waals surface area contributed by atoms with Gasteiger partial charge in [-0.3, -0.25) is 4.79 Å². The van der Waals surface area contributed by atoms with Gasteiger partial charge in [-0.15, -0.1) is 0 Å². The first-order valence-electron chi connectivity index (χ1n) is 9.37. The van der Waals surface area contributed by atoms with E-state index in [0.29, 0.717) is 12.0 Å². The third kappa shape index (κ3) is 3.53. The normalized spacial score (nSPS) is 18.0. The molecule has 0 unspecified atom stereocenters. The molecule has 29 heavy (non-hydrogen) atoms. The lowest BCUT2D eigenvalue weighted by Crippen LogP contribution is -2.28. The van der Waals surface area contributed by atoms with E-state index >= 15 is 0 Å². The first-order chi connectivity index (χ1) is 13.7. The van der Waals surface area contributed by atoms with Gasteiger partial charge in [-0.05, 0) is 66.8 Å². The first-order valence-corrected chi connectivity index (χ1v) is 10.7. The molecule has 1 aliphatic rings. The summed E-state index contributed by atoms with van der Waals surface area (Å²) in [6, 6.07) is 10.6. The van der Waals surface area contributed by atoms with Crippen molar-refractivity contribution in [1.29, 1.82) is 0 Å². The Morgan fingerprint density at radius 3 is 2.72 bits per heavy atom. The van der Waals surface area contributed by atoms with Crippen LogP contribution >= 0.6 is 0 Å². The fraction of sp³-hybridized carbons (Fsp3) is 0.318. The molecule has 4 rings (SSSR count). The van der Waals surface area contributed by atoms with Crippen molar-refractivity contribution in [2.75, 3.05) is 5.75 Å². The Morgan fingerprint density at radius 2 is 2.00 bits per heavy atom. The number of carbonyl (C=O) groups is 1. The Bertz CT molecular complexity index is 1120. The average Bonchev–Trinajstić information content (AvgIpc) is 2.90. The lowest BCUT2D eigenvalue weighted by molar-refractivity contribution is -0.137. The number of benzene rings is 2. The maximum atomic E-state index is 14.4. The van der Waals surface area contributed by atoms with Crippen LogP contribution in [0.15, 0.2) is 41.3 Å². The van der Waals surface area contributed by atoms with Crippen molar-refractivity contribution in [1.82, 2.24) is 4.57 Å². The number of rotatable bonds is 4. The zero-order chi connectivity index (χ0) is 20.9. The first kappa shape index (κ1) is 19.9. The number of fused-ring (bicyclic) bond motifs is 2. The van der Waals surface area contributed by atoms with E-state index < -0.39 is 29.5 Å². The molecule has 0 amide bonds. The highest BCUT2D eigenvalue weighted by Crippen LogP contribution is 2.42. The number of aryl methyl sites for hydroxylation is 1. The minimum atomic E-state index is -2.98. The van der Waals surface area contributed by atoms with Gasteiger partial charge in [-0.1, -0.05) is 17.7 Å². The topological polar surface area (TPSA) is 65.3 Å². The van der Waals surface area contributed by atoms with E-state index in [2.05, 4.69) is 0 Å². The van der Waals surface area contributed by atoms with Crippen LogP contribution in [0.5, 0.6) is 0 Å². The summed E-state index contributed by atoms with van der Waals surface area (Å²) in [5, 5.41) is 10.2. The van der Waals surface area contributed by atoms with E-state index in [1.807, 2.05) is 32.0 Å². The molecule has 2 heterocycles. The smallest absolute Gasteiger partial charge is 0.323 e. The number of hydrogen-bond donors (Lipinski definition) is 1. The third-order valence-corrected chi connectivity index (χ3v) is 6.99. The molecule has 0 radical (unpaired) electrons. The summed E-state index contributed by atoms with van der Waals surface area (Å²) < 4.78 is 42.7. The third-order valence-electron chi connectivity index (χ3n) is 5.57. The molecule has 0 saturated heterocycles. The molecular formula is C22H21F2NO3S. The van der Waals surface area contributed by atoms with Crippen LogP contribution in [-0.2, 0) is 34.9 Å². The number of carboxylic acid groups (broad SMARTS) is 1. The molecule has 4 nitrogen and oxygen atoms in total. The highest BCUT2D eigenvalue weighted by molar-refractivity contribution is 7.91. The van der Waals surface area contributed by atoms with E-state index in [1.165, 1.54) is 6.07 Å². The number of aromatic nitrogens is 1. The van der Waals surface area contributed by atoms with Crippen LogP contribution in [0, 0.1) is 13.8 Å². The standard InChI is InChI=1S/C22H21F2NO3S/c1-13-3-5-19-17(9-13)16(14(2)25(19)12-21(26)27)10-15-4-6-20-18(11-15)22(23,24)7-8-29(20)28/h3-6,9,11H,7-8,10,12H2,1-2H3,(H,26,27)/t29-/m1/s1. The lowest BCUT2D eigenvalue weighted by atomic mass is 9.97. The molecule has 152 valence electrons. The largest absolute Gasteiger partial charge is 0.611 e. The Labute approximate surface area is 170 Å². The van der Waals surface area contributed by atoms with Crippen molar-refractivity contribution in [3.63, 3.8) is 0 Å². The molecular weight excluding hydrogens is 396 g/mol. The number of nitrogens with zero attached hydrogens (tertiary/aromatic N) is 1. The molecule has 0 spiro atoms. The van der Waals surface area contributed by atoms with Gasteiger partial charge in [0.1, 0.15) is 12.3 Å². The summed E-state index contributed by atoms with van der Waals surface area (Å²) in [6.45, 7) is 3.66. The molecule has 1 aliphatic heterocycles. The van der Waals surface area contributed by atoms with Crippen molar-refractivity contribution < 1.29 is 23.2 Å². The van der Waals surface area contributed by atoms with Crippen LogP contribution < -0.4 is 0 Å². The minimum Gasteiger partial charge on any atom is -0.611 e.